The van der Waals surface area contributed by atoms with E-state index < -0.39 is 11.9 Å². The molecule has 0 heterocycles. The molecule has 0 radical (unpaired) electrons. The van der Waals surface area contributed by atoms with Crippen molar-refractivity contribution in [3.05, 3.63) is 22.4 Å². The number of carbonyl (C=O) groups is 1. The van der Waals surface area contributed by atoms with Gasteiger partial charge >= 0.3 is 0 Å². The number of hydrogen-bond donors (Lipinski definition) is 3. The highest BCUT2D eigenvalue weighted by Crippen LogP contribution is 2.27. The molecule has 1 saturated carbocycles. The highest BCUT2D eigenvalue weighted by Gasteiger charge is 2.25. The molecule has 0 bridgehead atoms. The molecule has 0 aliphatic heterocycles. The van der Waals surface area contributed by atoms with E-state index in [0.29, 0.717) is 21.9 Å². The molecule has 0 aromatic heterocycles. The molecule has 0 spiro atoms. The van der Waals surface area contributed by atoms with Crippen LogP contribution < -0.4 is 16.4 Å². The van der Waals surface area contributed by atoms with Crippen molar-refractivity contribution in [3.8, 4) is 0 Å². The van der Waals surface area contributed by atoms with Crippen LogP contribution in [0.2, 0.25) is 0 Å². The lowest BCUT2D eigenvalue weighted by molar-refractivity contribution is -0.121. The average Bonchev–Trinajstić information content (AvgIpc) is 3.09. The third kappa shape index (κ3) is 3.13. The van der Waals surface area contributed by atoms with E-state index in [9.17, 15) is 9.18 Å². The predicted molar refractivity (Wildman–Crippen MR) is 72.8 cm³/mol. The zero-order valence-electron chi connectivity index (χ0n) is 9.97. The van der Waals surface area contributed by atoms with Crippen molar-refractivity contribution in [2.75, 3.05) is 11.1 Å². The van der Waals surface area contributed by atoms with Gasteiger partial charge in [-0.05, 0) is 41.8 Å². The maximum Gasteiger partial charge on any atom is 0.242 e. The summed E-state index contributed by atoms with van der Waals surface area (Å²) < 4.78 is 13.7. The normalized spacial score (nSPS) is 16.2. The maximum atomic E-state index is 13.4. The summed E-state index contributed by atoms with van der Waals surface area (Å²) in [5, 5.41) is 5.79. The third-order valence-electron chi connectivity index (χ3n) is 2.78. The Morgan fingerprint density at radius 2 is 2.22 bits per heavy atom. The van der Waals surface area contributed by atoms with Crippen LogP contribution in [0.3, 0.4) is 0 Å². The first-order chi connectivity index (χ1) is 8.47. The van der Waals surface area contributed by atoms with Crippen LogP contribution in [0, 0.1) is 5.82 Å². The van der Waals surface area contributed by atoms with Crippen LogP contribution in [0.15, 0.2) is 16.6 Å². The van der Waals surface area contributed by atoms with E-state index >= 15 is 0 Å². The van der Waals surface area contributed by atoms with E-state index in [-0.39, 0.29) is 5.91 Å². The monoisotopic (exact) mass is 315 g/mol. The van der Waals surface area contributed by atoms with E-state index in [1.165, 1.54) is 12.1 Å². The van der Waals surface area contributed by atoms with Gasteiger partial charge in [0.05, 0.1) is 15.8 Å². The molecule has 1 fully saturated rings. The molecule has 1 aromatic carbocycles. The minimum atomic E-state index is -0.450. The standard InChI is InChI=1S/C12H15BrFN3O/c1-6(12(18)17-7-2-3-7)16-11-5-9(14)8(13)4-10(11)15/h4-7,16H,2-3,15H2,1H3,(H,17,18). The Morgan fingerprint density at radius 1 is 1.56 bits per heavy atom. The topological polar surface area (TPSA) is 67.1 Å². The maximum absolute atomic E-state index is 13.4. The minimum absolute atomic E-state index is 0.0970. The van der Waals surface area contributed by atoms with E-state index in [1.807, 2.05) is 0 Å². The fraction of sp³-hybridized carbons (Fsp3) is 0.417. The molecule has 18 heavy (non-hydrogen) atoms. The van der Waals surface area contributed by atoms with E-state index in [1.54, 1.807) is 6.92 Å². The van der Waals surface area contributed by atoms with Crippen molar-refractivity contribution in [2.24, 2.45) is 0 Å². The van der Waals surface area contributed by atoms with E-state index in [2.05, 4.69) is 26.6 Å². The summed E-state index contributed by atoms with van der Waals surface area (Å²) in [6.07, 6.45) is 2.07. The largest absolute Gasteiger partial charge is 0.397 e. The van der Waals surface area contributed by atoms with Crippen molar-refractivity contribution in [1.82, 2.24) is 5.32 Å². The number of benzene rings is 1. The molecule has 2 rings (SSSR count). The Labute approximate surface area is 113 Å². The molecule has 1 aromatic rings. The minimum Gasteiger partial charge on any atom is -0.397 e. The molecular formula is C12H15BrFN3O. The average molecular weight is 316 g/mol. The number of amides is 1. The second-order valence-electron chi connectivity index (χ2n) is 4.50. The molecule has 1 aliphatic carbocycles. The molecule has 4 nitrogen and oxygen atoms in total. The van der Waals surface area contributed by atoms with Gasteiger partial charge in [-0.25, -0.2) is 4.39 Å². The third-order valence-corrected chi connectivity index (χ3v) is 3.39. The van der Waals surface area contributed by atoms with Crippen LogP contribution >= 0.6 is 15.9 Å². The van der Waals surface area contributed by atoms with Crippen LogP contribution in [0.1, 0.15) is 19.8 Å². The lowest BCUT2D eigenvalue weighted by Crippen LogP contribution is -2.38. The summed E-state index contributed by atoms with van der Waals surface area (Å²) in [4.78, 5) is 11.7. The molecule has 98 valence electrons. The second kappa shape index (κ2) is 5.14. The van der Waals surface area contributed by atoms with Crippen molar-refractivity contribution in [2.45, 2.75) is 31.8 Å². The van der Waals surface area contributed by atoms with Gasteiger partial charge in [0.1, 0.15) is 11.9 Å². The van der Waals surface area contributed by atoms with Gasteiger partial charge in [0.2, 0.25) is 5.91 Å². The van der Waals surface area contributed by atoms with Crippen LogP contribution in [0.25, 0.3) is 0 Å². The van der Waals surface area contributed by atoms with E-state index in [4.69, 9.17) is 5.73 Å². The van der Waals surface area contributed by atoms with Crippen LogP contribution in [0.4, 0.5) is 15.8 Å². The first kappa shape index (κ1) is 13.1. The van der Waals surface area contributed by atoms with Gasteiger partial charge in [-0.1, -0.05) is 0 Å². The van der Waals surface area contributed by atoms with Crippen molar-refractivity contribution in [3.63, 3.8) is 0 Å². The Morgan fingerprint density at radius 3 is 2.83 bits per heavy atom. The Hall–Kier alpha value is -1.30. The van der Waals surface area contributed by atoms with Gasteiger partial charge in [-0.3, -0.25) is 4.79 Å². The number of nitrogens with two attached hydrogens (primary N) is 1. The van der Waals surface area contributed by atoms with Gasteiger partial charge in [-0.2, -0.15) is 0 Å². The predicted octanol–water partition coefficient (Wildman–Crippen LogP) is 2.25. The van der Waals surface area contributed by atoms with Crippen molar-refractivity contribution < 1.29 is 9.18 Å². The molecule has 1 unspecified atom stereocenters. The van der Waals surface area contributed by atoms with Crippen LogP contribution in [-0.2, 0) is 4.79 Å². The molecular weight excluding hydrogens is 301 g/mol. The van der Waals surface area contributed by atoms with Gasteiger partial charge in [0.15, 0.2) is 0 Å². The summed E-state index contributed by atoms with van der Waals surface area (Å²) in [5.41, 5.74) is 6.58. The summed E-state index contributed by atoms with van der Waals surface area (Å²) in [6, 6.07) is 2.61. The number of halogens is 2. The number of carbonyl (C=O) groups excluding carboxylic acids is 1. The smallest absolute Gasteiger partial charge is 0.242 e. The Kier molecular flexibility index (Phi) is 3.75. The number of rotatable bonds is 4. The molecule has 4 N–H and O–H groups in total. The van der Waals surface area contributed by atoms with Crippen LogP contribution in [0.5, 0.6) is 0 Å². The quantitative estimate of drug-likeness (QED) is 0.747. The van der Waals surface area contributed by atoms with Crippen LogP contribution in [-0.4, -0.2) is 18.0 Å². The fourth-order valence-corrected chi connectivity index (χ4v) is 1.90. The second-order valence-corrected chi connectivity index (χ2v) is 5.36. The first-order valence-electron chi connectivity index (χ1n) is 5.79. The Balaban J connectivity index is 2.03. The molecule has 1 aliphatic rings. The lowest BCUT2D eigenvalue weighted by Gasteiger charge is -2.16. The summed E-state index contributed by atoms with van der Waals surface area (Å²) >= 11 is 3.05. The lowest BCUT2D eigenvalue weighted by atomic mass is 10.2. The first-order valence-corrected chi connectivity index (χ1v) is 6.58. The fourth-order valence-electron chi connectivity index (χ4n) is 1.54. The highest BCUT2D eigenvalue weighted by atomic mass is 79.9. The summed E-state index contributed by atoms with van der Waals surface area (Å²) in [6.45, 7) is 1.72. The van der Waals surface area contributed by atoms with Crippen molar-refractivity contribution >= 4 is 33.2 Å². The van der Waals surface area contributed by atoms with E-state index in [0.717, 1.165) is 12.8 Å². The summed E-state index contributed by atoms with van der Waals surface area (Å²) in [5.74, 6) is -0.512. The zero-order chi connectivity index (χ0) is 13.3. The highest BCUT2D eigenvalue weighted by molar-refractivity contribution is 9.10. The summed E-state index contributed by atoms with van der Waals surface area (Å²) in [7, 11) is 0. The SMILES string of the molecule is CC(Nc1cc(F)c(Br)cc1N)C(=O)NC1CC1. The van der Waals surface area contributed by atoms with Gasteiger partial charge in [-0.15, -0.1) is 0 Å². The molecule has 6 heteroatoms. The molecule has 1 atom stereocenters. The molecule has 1 amide bonds. The molecule has 0 saturated heterocycles. The van der Waals surface area contributed by atoms with Gasteiger partial charge in [0, 0.05) is 12.1 Å². The Bertz CT molecular complexity index is 477. The van der Waals surface area contributed by atoms with Crippen molar-refractivity contribution in [1.29, 1.82) is 0 Å². The number of nitrogens with one attached hydrogen (secondary N) is 2. The zero-order valence-corrected chi connectivity index (χ0v) is 11.6. The van der Waals surface area contributed by atoms with Gasteiger partial charge < -0.3 is 16.4 Å². The number of hydrogen-bond acceptors (Lipinski definition) is 3. The number of anilines is 2. The number of nitrogen functional groups attached to an aromatic ring is 1. The van der Waals surface area contributed by atoms with Gasteiger partial charge in [0.25, 0.3) is 0 Å².